The van der Waals surface area contributed by atoms with Gasteiger partial charge in [0.05, 0.1) is 18.1 Å². The third kappa shape index (κ3) is 5.79. The summed E-state index contributed by atoms with van der Waals surface area (Å²) in [5, 5.41) is 3.03. The number of carbonyl (C=O) groups excluding carboxylic acids is 3. The standard InChI is InChI=1S/C20H21Cl2N3O3/c1-24(2)11-18(26)23-19(27)12-25(3)17-9-8-13(21)10-15(17)20(28)14-6-4-5-7-16(14)22/h4-10H,11-12H2,1-3H3,(H,23,26,27). The van der Waals surface area contributed by atoms with Crippen LogP contribution in [0.1, 0.15) is 15.9 Å². The Kier molecular flexibility index (Phi) is 7.57. The van der Waals surface area contributed by atoms with E-state index >= 15 is 0 Å². The molecule has 0 fully saturated rings. The number of nitrogens with one attached hydrogen (secondary N) is 1. The van der Waals surface area contributed by atoms with Crippen molar-refractivity contribution in [2.24, 2.45) is 0 Å². The molecule has 0 unspecified atom stereocenters. The van der Waals surface area contributed by atoms with Crippen LogP contribution in [0.5, 0.6) is 0 Å². The molecule has 0 atom stereocenters. The Morgan fingerprint density at radius 3 is 2.18 bits per heavy atom. The highest BCUT2D eigenvalue weighted by molar-refractivity contribution is 6.35. The van der Waals surface area contributed by atoms with E-state index in [1.165, 1.54) is 6.07 Å². The van der Waals surface area contributed by atoms with Crippen molar-refractivity contribution >= 4 is 46.5 Å². The van der Waals surface area contributed by atoms with Crippen molar-refractivity contribution in [1.29, 1.82) is 0 Å². The average molecular weight is 422 g/mol. The molecule has 0 saturated heterocycles. The third-order valence-corrected chi connectivity index (χ3v) is 4.42. The lowest BCUT2D eigenvalue weighted by atomic mass is 10.0. The first-order valence-corrected chi connectivity index (χ1v) is 9.22. The minimum Gasteiger partial charge on any atom is -0.365 e. The predicted molar refractivity (Wildman–Crippen MR) is 111 cm³/mol. The number of anilines is 1. The van der Waals surface area contributed by atoms with Gasteiger partial charge in [0.15, 0.2) is 5.78 Å². The minimum atomic E-state index is -0.472. The summed E-state index contributed by atoms with van der Waals surface area (Å²) in [5.74, 6) is -1.17. The normalized spacial score (nSPS) is 10.6. The number of benzene rings is 2. The van der Waals surface area contributed by atoms with Gasteiger partial charge in [-0.25, -0.2) is 0 Å². The maximum absolute atomic E-state index is 13.0. The van der Waals surface area contributed by atoms with Crippen molar-refractivity contribution in [2.75, 3.05) is 39.1 Å². The van der Waals surface area contributed by atoms with E-state index in [4.69, 9.17) is 23.2 Å². The van der Waals surface area contributed by atoms with Gasteiger partial charge in [-0.05, 0) is 44.4 Å². The Morgan fingerprint density at radius 2 is 1.54 bits per heavy atom. The van der Waals surface area contributed by atoms with Crippen LogP contribution in [0.2, 0.25) is 10.0 Å². The summed E-state index contributed by atoms with van der Waals surface area (Å²) in [6.45, 7) is -0.00373. The molecule has 0 aromatic heterocycles. The molecule has 148 valence electrons. The second-order valence-corrected chi connectivity index (χ2v) is 7.38. The topological polar surface area (TPSA) is 69.7 Å². The average Bonchev–Trinajstić information content (AvgIpc) is 2.60. The van der Waals surface area contributed by atoms with Gasteiger partial charge in [0, 0.05) is 28.9 Å². The molecule has 0 bridgehead atoms. The zero-order valence-electron chi connectivity index (χ0n) is 15.8. The van der Waals surface area contributed by atoms with Crippen LogP contribution in [0.15, 0.2) is 42.5 Å². The van der Waals surface area contributed by atoms with E-state index in [1.807, 2.05) is 0 Å². The van der Waals surface area contributed by atoms with E-state index in [0.717, 1.165) is 0 Å². The maximum Gasteiger partial charge on any atom is 0.246 e. The van der Waals surface area contributed by atoms with Crippen LogP contribution >= 0.6 is 23.2 Å². The van der Waals surface area contributed by atoms with E-state index in [1.54, 1.807) is 67.3 Å². The number of amides is 2. The molecule has 6 nitrogen and oxygen atoms in total. The molecule has 0 heterocycles. The Labute approximate surface area is 174 Å². The summed E-state index contributed by atoms with van der Waals surface area (Å²) in [5.41, 5.74) is 1.16. The molecule has 0 aliphatic heterocycles. The molecule has 0 aliphatic rings. The van der Waals surface area contributed by atoms with E-state index in [9.17, 15) is 14.4 Å². The fraction of sp³-hybridized carbons (Fsp3) is 0.250. The van der Waals surface area contributed by atoms with Crippen molar-refractivity contribution in [3.63, 3.8) is 0 Å². The van der Waals surface area contributed by atoms with Gasteiger partial charge in [0.2, 0.25) is 11.8 Å². The van der Waals surface area contributed by atoms with Crippen LogP contribution in [-0.2, 0) is 9.59 Å². The SMILES string of the molecule is CN(C)CC(=O)NC(=O)CN(C)c1ccc(Cl)cc1C(=O)c1ccccc1Cl. The quantitative estimate of drug-likeness (QED) is 0.695. The number of rotatable bonds is 7. The van der Waals surface area contributed by atoms with E-state index < -0.39 is 11.8 Å². The van der Waals surface area contributed by atoms with E-state index in [2.05, 4.69) is 5.32 Å². The lowest BCUT2D eigenvalue weighted by molar-refractivity contribution is -0.130. The summed E-state index contributed by atoms with van der Waals surface area (Å²) >= 11 is 12.2. The van der Waals surface area contributed by atoms with Gasteiger partial charge in [0.1, 0.15) is 0 Å². The Hall–Kier alpha value is -2.41. The molecule has 2 aromatic rings. The molecule has 0 spiro atoms. The van der Waals surface area contributed by atoms with Crippen LogP contribution in [0, 0.1) is 0 Å². The summed E-state index contributed by atoms with van der Waals surface area (Å²) < 4.78 is 0. The molecule has 2 rings (SSSR count). The fourth-order valence-electron chi connectivity index (χ4n) is 2.64. The summed E-state index contributed by atoms with van der Waals surface area (Å²) in [4.78, 5) is 40.2. The Balaban J connectivity index is 2.24. The van der Waals surface area contributed by atoms with Gasteiger partial charge in [0.25, 0.3) is 0 Å². The molecule has 1 N–H and O–H groups in total. The van der Waals surface area contributed by atoms with E-state index in [0.29, 0.717) is 26.9 Å². The number of ketones is 1. The molecular formula is C20H21Cl2N3O3. The highest BCUT2D eigenvalue weighted by atomic mass is 35.5. The van der Waals surface area contributed by atoms with Crippen molar-refractivity contribution < 1.29 is 14.4 Å². The smallest absolute Gasteiger partial charge is 0.246 e. The van der Waals surface area contributed by atoms with Gasteiger partial charge in [-0.1, -0.05) is 35.3 Å². The predicted octanol–water partition coefficient (Wildman–Crippen LogP) is 2.87. The molecule has 2 amide bonds. The molecule has 8 heteroatoms. The highest BCUT2D eigenvalue weighted by Crippen LogP contribution is 2.28. The Morgan fingerprint density at radius 1 is 0.893 bits per heavy atom. The summed E-state index contributed by atoms with van der Waals surface area (Å²) in [6, 6.07) is 11.5. The molecule has 28 heavy (non-hydrogen) atoms. The second-order valence-electron chi connectivity index (χ2n) is 6.54. The van der Waals surface area contributed by atoms with Gasteiger partial charge in [-0.15, -0.1) is 0 Å². The van der Waals surface area contributed by atoms with Crippen LogP contribution < -0.4 is 10.2 Å². The number of nitrogens with zero attached hydrogens (tertiary/aromatic N) is 2. The number of likely N-dealkylation sites (N-methyl/N-ethyl adjacent to an activating group) is 2. The molecule has 2 aromatic carbocycles. The summed E-state index contributed by atoms with van der Waals surface area (Å²) in [7, 11) is 5.12. The van der Waals surface area contributed by atoms with Gasteiger partial charge < -0.3 is 9.80 Å². The second kappa shape index (κ2) is 9.68. The van der Waals surface area contributed by atoms with Crippen molar-refractivity contribution in [3.8, 4) is 0 Å². The van der Waals surface area contributed by atoms with Gasteiger partial charge >= 0.3 is 0 Å². The number of carbonyl (C=O) groups is 3. The largest absolute Gasteiger partial charge is 0.365 e. The first-order chi connectivity index (χ1) is 13.2. The molecular weight excluding hydrogens is 401 g/mol. The number of halogens is 2. The first kappa shape index (κ1) is 21.9. The maximum atomic E-state index is 13.0. The monoisotopic (exact) mass is 421 g/mol. The van der Waals surface area contributed by atoms with Gasteiger partial charge in [-0.2, -0.15) is 0 Å². The third-order valence-electron chi connectivity index (χ3n) is 3.85. The lowest BCUT2D eigenvalue weighted by Gasteiger charge is -2.22. The number of imide groups is 1. The fourth-order valence-corrected chi connectivity index (χ4v) is 3.03. The lowest BCUT2D eigenvalue weighted by Crippen LogP contribution is -2.42. The minimum absolute atomic E-state index is 0.104. The number of hydrogen-bond acceptors (Lipinski definition) is 5. The van der Waals surface area contributed by atoms with Crippen molar-refractivity contribution in [3.05, 3.63) is 63.6 Å². The van der Waals surface area contributed by atoms with Crippen LogP contribution in [0.3, 0.4) is 0 Å². The highest BCUT2D eigenvalue weighted by Gasteiger charge is 2.20. The molecule has 0 radical (unpaired) electrons. The van der Waals surface area contributed by atoms with Crippen LogP contribution in [0.4, 0.5) is 5.69 Å². The van der Waals surface area contributed by atoms with E-state index in [-0.39, 0.29) is 18.9 Å². The number of hydrogen-bond donors (Lipinski definition) is 1. The van der Waals surface area contributed by atoms with Crippen molar-refractivity contribution in [2.45, 2.75) is 0 Å². The van der Waals surface area contributed by atoms with Gasteiger partial charge in [-0.3, -0.25) is 19.7 Å². The van der Waals surface area contributed by atoms with Crippen LogP contribution in [-0.4, -0.2) is 56.7 Å². The molecule has 0 saturated carbocycles. The zero-order valence-corrected chi connectivity index (χ0v) is 17.3. The van der Waals surface area contributed by atoms with Crippen LogP contribution in [0.25, 0.3) is 0 Å². The van der Waals surface area contributed by atoms with Crippen molar-refractivity contribution in [1.82, 2.24) is 10.2 Å². The zero-order chi connectivity index (χ0) is 20.8. The molecule has 0 aliphatic carbocycles. The first-order valence-electron chi connectivity index (χ1n) is 8.46. The summed E-state index contributed by atoms with van der Waals surface area (Å²) in [6.07, 6.45) is 0. The Bertz CT molecular complexity index is 900.